The Morgan fingerprint density at radius 1 is 1.35 bits per heavy atom. The Labute approximate surface area is 102 Å². The first-order chi connectivity index (χ1) is 8.24. The molecule has 3 heteroatoms. The third-order valence-electron chi connectivity index (χ3n) is 3.53. The van der Waals surface area contributed by atoms with Gasteiger partial charge in [0.05, 0.1) is 19.8 Å². The van der Waals surface area contributed by atoms with Gasteiger partial charge in [-0.05, 0) is 37.0 Å². The largest absolute Gasteiger partial charge is 0.497 e. The molecule has 2 rings (SSSR count). The highest BCUT2D eigenvalue weighted by atomic mass is 16.5. The SMILES string of the molecule is COc1ccc([C@@H]2C[C@H](C)OC[C@H]2CO)cc1. The van der Waals surface area contributed by atoms with Crippen molar-refractivity contribution in [3.63, 3.8) is 0 Å². The lowest BCUT2D eigenvalue weighted by atomic mass is 9.81. The molecule has 1 N–H and O–H groups in total. The van der Waals surface area contributed by atoms with E-state index in [-0.39, 0.29) is 18.6 Å². The summed E-state index contributed by atoms with van der Waals surface area (Å²) in [4.78, 5) is 0. The first-order valence-corrected chi connectivity index (χ1v) is 6.11. The summed E-state index contributed by atoms with van der Waals surface area (Å²) in [5.74, 6) is 1.46. The molecular formula is C14H20O3. The minimum Gasteiger partial charge on any atom is -0.497 e. The molecule has 1 heterocycles. The number of ether oxygens (including phenoxy) is 2. The van der Waals surface area contributed by atoms with Crippen molar-refractivity contribution >= 4 is 0 Å². The van der Waals surface area contributed by atoms with Crippen LogP contribution in [-0.2, 0) is 4.74 Å². The molecule has 1 aliphatic rings. The average molecular weight is 236 g/mol. The second kappa shape index (κ2) is 5.52. The van der Waals surface area contributed by atoms with Crippen LogP contribution in [0.15, 0.2) is 24.3 Å². The lowest BCUT2D eigenvalue weighted by molar-refractivity contribution is -0.0329. The van der Waals surface area contributed by atoms with E-state index in [1.807, 2.05) is 12.1 Å². The Kier molecular flexibility index (Phi) is 4.02. The number of hydrogen-bond acceptors (Lipinski definition) is 3. The van der Waals surface area contributed by atoms with Crippen molar-refractivity contribution in [3.8, 4) is 5.75 Å². The summed E-state index contributed by atoms with van der Waals surface area (Å²) in [5, 5.41) is 9.41. The predicted molar refractivity (Wildman–Crippen MR) is 66.3 cm³/mol. The molecule has 1 aromatic rings. The highest BCUT2D eigenvalue weighted by molar-refractivity contribution is 5.30. The zero-order valence-electron chi connectivity index (χ0n) is 10.4. The molecule has 0 aliphatic carbocycles. The van der Waals surface area contributed by atoms with Gasteiger partial charge in [0.2, 0.25) is 0 Å². The van der Waals surface area contributed by atoms with Gasteiger partial charge in [-0.15, -0.1) is 0 Å². The maximum Gasteiger partial charge on any atom is 0.118 e. The zero-order valence-corrected chi connectivity index (χ0v) is 10.4. The summed E-state index contributed by atoms with van der Waals surface area (Å²) in [6, 6.07) is 8.13. The molecule has 3 nitrogen and oxygen atoms in total. The predicted octanol–water partition coefficient (Wildman–Crippen LogP) is 2.20. The van der Waals surface area contributed by atoms with E-state index in [9.17, 15) is 5.11 Å². The minimum absolute atomic E-state index is 0.184. The molecule has 0 radical (unpaired) electrons. The highest BCUT2D eigenvalue weighted by Crippen LogP contribution is 2.35. The van der Waals surface area contributed by atoms with Crippen molar-refractivity contribution in [1.29, 1.82) is 0 Å². The number of hydrogen-bond donors (Lipinski definition) is 1. The summed E-state index contributed by atoms with van der Waals surface area (Å²) in [7, 11) is 1.67. The quantitative estimate of drug-likeness (QED) is 0.874. The molecule has 1 aromatic carbocycles. The van der Waals surface area contributed by atoms with Crippen molar-refractivity contribution in [2.75, 3.05) is 20.3 Å². The molecule has 0 bridgehead atoms. The summed E-state index contributed by atoms with van der Waals surface area (Å²) < 4.78 is 10.7. The molecule has 3 atom stereocenters. The van der Waals surface area contributed by atoms with E-state index in [0.717, 1.165) is 12.2 Å². The van der Waals surface area contributed by atoms with Crippen LogP contribution in [0.5, 0.6) is 5.75 Å². The third kappa shape index (κ3) is 2.79. The van der Waals surface area contributed by atoms with Crippen molar-refractivity contribution in [3.05, 3.63) is 29.8 Å². The van der Waals surface area contributed by atoms with E-state index in [0.29, 0.717) is 12.5 Å². The lowest BCUT2D eigenvalue weighted by Crippen LogP contribution is -2.32. The molecule has 0 unspecified atom stereocenters. The lowest BCUT2D eigenvalue weighted by Gasteiger charge is -2.34. The maximum atomic E-state index is 9.41. The normalized spacial score (nSPS) is 29.0. The van der Waals surface area contributed by atoms with Gasteiger partial charge in [-0.25, -0.2) is 0 Å². The fourth-order valence-corrected chi connectivity index (χ4v) is 2.46. The third-order valence-corrected chi connectivity index (χ3v) is 3.53. The van der Waals surface area contributed by atoms with E-state index in [1.54, 1.807) is 7.11 Å². The Bertz CT molecular complexity index is 347. The van der Waals surface area contributed by atoms with E-state index in [4.69, 9.17) is 9.47 Å². The van der Waals surface area contributed by atoms with Gasteiger partial charge in [0, 0.05) is 12.5 Å². The topological polar surface area (TPSA) is 38.7 Å². The number of aliphatic hydroxyl groups excluding tert-OH is 1. The van der Waals surface area contributed by atoms with Crippen molar-refractivity contribution in [2.24, 2.45) is 5.92 Å². The van der Waals surface area contributed by atoms with Crippen LogP contribution in [0.25, 0.3) is 0 Å². The van der Waals surface area contributed by atoms with Gasteiger partial charge in [0.25, 0.3) is 0 Å². The van der Waals surface area contributed by atoms with Crippen LogP contribution in [0.3, 0.4) is 0 Å². The summed E-state index contributed by atoms with van der Waals surface area (Å²) in [6.07, 6.45) is 1.24. The van der Waals surface area contributed by atoms with E-state index in [2.05, 4.69) is 19.1 Å². The molecule has 1 saturated heterocycles. The molecule has 1 fully saturated rings. The molecule has 94 valence electrons. The van der Waals surface area contributed by atoms with Crippen LogP contribution in [0.2, 0.25) is 0 Å². The molecular weight excluding hydrogens is 216 g/mol. The Balaban J connectivity index is 2.16. The maximum absolute atomic E-state index is 9.41. The first-order valence-electron chi connectivity index (χ1n) is 6.11. The number of rotatable bonds is 3. The molecule has 1 aliphatic heterocycles. The van der Waals surface area contributed by atoms with Crippen LogP contribution < -0.4 is 4.74 Å². The highest BCUT2D eigenvalue weighted by Gasteiger charge is 2.29. The van der Waals surface area contributed by atoms with Gasteiger partial charge in [-0.2, -0.15) is 0 Å². The average Bonchev–Trinajstić information content (AvgIpc) is 2.39. The zero-order chi connectivity index (χ0) is 12.3. The fourth-order valence-electron chi connectivity index (χ4n) is 2.46. The van der Waals surface area contributed by atoms with Crippen LogP contribution in [0, 0.1) is 5.92 Å². The molecule has 0 saturated carbocycles. The van der Waals surface area contributed by atoms with Gasteiger partial charge in [-0.1, -0.05) is 12.1 Å². The van der Waals surface area contributed by atoms with Gasteiger partial charge in [0.1, 0.15) is 5.75 Å². The summed E-state index contributed by atoms with van der Waals surface area (Å²) >= 11 is 0. The standard InChI is InChI=1S/C14H20O3/c1-10-7-14(12(8-15)9-17-10)11-3-5-13(16-2)6-4-11/h3-6,10,12,14-15H,7-9H2,1-2H3/t10-,12+,14-/m0/s1. The van der Waals surface area contributed by atoms with Crippen LogP contribution in [-0.4, -0.2) is 31.5 Å². The number of methoxy groups -OCH3 is 1. The fraction of sp³-hybridized carbons (Fsp3) is 0.571. The van der Waals surface area contributed by atoms with Gasteiger partial charge in [-0.3, -0.25) is 0 Å². The van der Waals surface area contributed by atoms with E-state index in [1.165, 1.54) is 5.56 Å². The summed E-state index contributed by atoms with van der Waals surface area (Å²) in [5.41, 5.74) is 1.26. The Hall–Kier alpha value is -1.06. The van der Waals surface area contributed by atoms with Crippen molar-refractivity contribution in [1.82, 2.24) is 0 Å². The number of benzene rings is 1. The van der Waals surface area contributed by atoms with Gasteiger partial charge >= 0.3 is 0 Å². The van der Waals surface area contributed by atoms with Crippen LogP contribution in [0.1, 0.15) is 24.8 Å². The molecule has 17 heavy (non-hydrogen) atoms. The number of aliphatic hydroxyl groups is 1. The Morgan fingerprint density at radius 3 is 2.65 bits per heavy atom. The van der Waals surface area contributed by atoms with Crippen LogP contribution in [0.4, 0.5) is 0 Å². The molecule has 0 amide bonds. The van der Waals surface area contributed by atoms with Crippen molar-refractivity contribution < 1.29 is 14.6 Å². The Morgan fingerprint density at radius 2 is 2.06 bits per heavy atom. The second-order valence-corrected chi connectivity index (χ2v) is 4.70. The van der Waals surface area contributed by atoms with Gasteiger partial charge < -0.3 is 14.6 Å². The first kappa shape index (κ1) is 12.4. The van der Waals surface area contributed by atoms with Crippen LogP contribution >= 0.6 is 0 Å². The summed E-state index contributed by atoms with van der Waals surface area (Å²) in [6.45, 7) is 2.92. The van der Waals surface area contributed by atoms with Crippen molar-refractivity contribution in [2.45, 2.75) is 25.4 Å². The monoisotopic (exact) mass is 236 g/mol. The van der Waals surface area contributed by atoms with Gasteiger partial charge in [0.15, 0.2) is 0 Å². The molecule has 0 aromatic heterocycles. The molecule has 0 spiro atoms. The van der Waals surface area contributed by atoms with E-state index < -0.39 is 0 Å². The van der Waals surface area contributed by atoms with E-state index >= 15 is 0 Å². The smallest absolute Gasteiger partial charge is 0.118 e. The minimum atomic E-state index is 0.184. The second-order valence-electron chi connectivity index (χ2n) is 4.70.